The lowest BCUT2D eigenvalue weighted by Crippen LogP contribution is -2.36. The maximum absolute atomic E-state index is 12.5. The van der Waals surface area contributed by atoms with E-state index >= 15 is 0 Å². The lowest BCUT2D eigenvalue weighted by Gasteiger charge is -2.22. The van der Waals surface area contributed by atoms with Gasteiger partial charge < -0.3 is 15.4 Å². The maximum Gasteiger partial charge on any atom is 0.254 e. The summed E-state index contributed by atoms with van der Waals surface area (Å²) in [5.74, 6) is 0.784. The Morgan fingerprint density at radius 3 is 2.70 bits per heavy atom. The SMILES string of the molecule is CCCCN(CCN)C(=O)c1cccc(OCCC)c1. The molecule has 0 aliphatic carbocycles. The van der Waals surface area contributed by atoms with Gasteiger partial charge in [-0.25, -0.2) is 0 Å². The average Bonchev–Trinajstić information content (AvgIpc) is 2.49. The van der Waals surface area contributed by atoms with Crippen molar-refractivity contribution in [3.05, 3.63) is 29.8 Å². The van der Waals surface area contributed by atoms with Gasteiger partial charge in [0.05, 0.1) is 6.61 Å². The molecule has 1 amide bonds. The zero-order valence-electron chi connectivity index (χ0n) is 12.6. The summed E-state index contributed by atoms with van der Waals surface area (Å²) >= 11 is 0. The Bertz CT molecular complexity index is 407. The largest absolute Gasteiger partial charge is 0.494 e. The predicted molar refractivity (Wildman–Crippen MR) is 82.1 cm³/mol. The van der Waals surface area contributed by atoms with E-state index < -0.39 is 0 Å². The van der Waals surface area contributed by atoms with Gasteiger partial charge in [-0.15, -0.1) is 0 Å². The summed E-state index contributed by atoms with van der Waals surface area (Å²) < 4.78 is 5.57. The van der Waals surface area contributed by atoms with Crippen molar-refractivity contribution in [2.24, 2.45) is 5.73 Å². The highest BCUT2D eigenvalue weighted by molar-refractivity contribution is 5.94. The van der Waals surface area contributed by atoms with E-state index in [4.69, 9.17) is 10.5 Å². The lowest BCUT2D eigenvalue weighted by atomic mass is 10.1. The first-order valence-corrected chi connectivity index (χ1v) is 7.45. The van der Waals surface area contributed by atoms with Crippen molar-refractivity contribution >= 4 is 5.91 Å². The van der Waals surface area contributed by atoms with Crippen LogP contribution in [0.2, 0.25) is 0 Å². The van der Waals surface area contributed by atoms with Gasteiger partial charge in [0, 0.05) is 25.2 Å². The van der Waals surface area contributed by atoms with Gasteiger partial charge >= 0.3 is 0 Å². The van der Waals surface area contributed by atoms with Crippen LogP contribution in [0, 0.1) is 0 Å². The first-order valence-electron chi connectivity index (χ1n) is 7.45. The fourth-order valence-corrected chi connectivity index (χ4v) is 1.94. The van der Waals surface area contributed by atoms with Crippen LogP contribution in [0.25, 0.3) is 0 Å². The predicted octanol–water partition coefficient (Wildman–Crippen LogP) is 2.68. The quantitative estimate of drug-likeness (QED) is 0.755. The van der Waals surface area contributed by atoms with Crippen LogP contribution in [0.3, 0.4) is 0 Å². The van der Waals surface area contributed by atoms with Crippen LogP contribution in [-0.4, -0.2) is 37.0 Å². The zero-order valence-corrected chi connectivity index (χ0v) is 12.6. The van der Waals surface area contributed by atoms with Crippen molar-refractivity contribution in [3.8, 4) is 5.75 Å². The molecule has 0 aliphatic rings. The highest BCUT2D eigenvalue weighted by atomic mass is 16.5. The van der Waals surface area contributed by atoms with E-state index in [0.29, 0.717) is 25.3 Å². The molecule has 4 heteroatoms. The maximum atomic E-state index is 12.5. The number of carbonyl (C=O) groups excluding carboxylic acids is 1. The molecule has 2 N–H and O–H groups in total. The first-order chi connectivity index (χ1) is 9.72. The number of amides is 1. The standard InChI is InChI=1S/C16H26N2O2/c1-3-5-10-18(11-9-17)16(19)14-7-6-8-15(13-14)20-12-4-2/h6-8,13H,3-5,9-12,17H2,1-2H3. The van der Waals surface area contributed by atoms with Crippen LogP contribution in [0.4, 0.5) is 0 Å². The molecule has 1 aromatic rings. The van der Waals surface area contributed by atoms with E-state index in [2.05, 4.69) is 13.8 Å². The van der Waals surface area contributed by atoms with Crippen LogP contribution in [0.15, 0.2) is 24.3 Å². The third kappa shape index (κ3) is 5.21. The molecular formula is C16H26N2O2. The van der Waals surface area contributed by atoms with Crippen LogP contribution in [0.5, 0.6) is 5.75 Å². The van der Waals surface area contributed by atoms with Crippen molar-refractivity contribution < 1.29 is 9.53 Å². The van der Waals surface area contributed by atoms with Crippen molar-refractivity contribution in [2.45, 2.75) is 33.1 Å². The summed E-state index contributed by atoms with van der Waals surface area (Å²) in [7, 11) is 0. The van der Waals surface area contributed by atoms with Crippen LogP contribution in [0.1, 0.15) is 43.5 Å². The molecule has 0 saturated carbocycles. The molecule has 0 atom stereocenters. The molecule has 0 saturated heterocycles. The summed E-state index contributed by atoms with van der Waals surface area (Å²) in [4.78, 5) is 14.3. The Labute approximate surface area is 121 Å². The number of rotatable bonds is 9. The van der Waals surface area contributed by atoms with Gasteiger partial charge in [-0.1, -0.05) is 26.3 Å². The minimum atomic E-state index is 0.0332. The molecule has 0 aromatic heterocycles. The Kier molecular flexibility index (Phi) is 7.73. The molecule has 0 bridgehead atoms. The average molecular weight is 278 g/mol. The number of carbonyl (C=O) groups is 1. The van der Waals surface area contributed by atoms with E-state index in [1.54, 1.807) is 0 Å². The minimum Gasteiger partial charge on any atom is -0.494 e. The van der Waals surface area contributed by atoms with Gasteiger partial charge in [0.15, 0.2) is 0 Å². The van der Waals surface area contributed by atoms with E-state index in [9.17, 15) is 4.79 Å². The zero-order chi connectivity index (χ0) is 14.8. The summed E-state index contributed by atoms with van der Waals surface area (Å²) in [5, 5.41) is 0. The third-order valence-corrected chi connectivity index (χ3v) is 3.02. The van der Waals surface area contributed by atoms with Gasteiger partial charge in [0.25, 0.3) is 5.91 Å². The molecule has 0 heterocycles. The third-order valence-electron chi connectivity index (χ3n) is 3.02. The van der Waals surface area contributed by atoms with Gasteiger partial charge in [0.2, 0.25) is 0 Å². The molecule has 112 valence electrons. The van der Waals surface area contributed by atoms with Gasteiger partial charge in [-0.2, -0.15) is 0 Å². The Morgan fingerprint density at radius 2 is 2.05 bits per heavy atom. The molecular weight excluding hydrogens is 252 g/mol. The lowest BCUT2D eigenvalue weighted by molar-refractivity contribution is 0.0757. The van der Waals surface area contributed by atoms with Crippen LogP contribution < -0.4 is 10.5 Å². The molecule has 0 spiro atoms. The monoisotopic (exact) mass is 278 g/mol. The number of nitrogens with zero attached hydrogens (tertiary/aromatic N) is 1. The van der Waals surface area contributed by atoms with Crippen molar-refractivity contribution in [1.29, 1.82) is 0 Å². The normalized spacial score (nSPS) is 10.3. The molecule has 0 aliphatic heterocycles. The van der Waals surface area contributed by atoms with Gasteiger partial charge in [0.1, 0.15) is 5.75 Å². The molecule has 0 radical (unpaired) electrons. The molecule has 1 aromatic carbocycles. The van der Waals surface area contributed by atoms with Crippen LogP contribution >= 0.6 is 0 Å². The van der Waals surface area contributed by atoms with Crippen molar-refractivity contribution in [2.75, 3.05) is 26.2 Å². The number of nitrogens with two attached hydrogens (primary N) is 1. The van der Waals surface area contributed by atoms with Crippen molar-refractivity contribution in [3.63, 3.8) is 0 Å². The molecule has 0 unspecified atom stereocenters. The second-order valence-corrected chi connectivity index (χ2v) is 4.81. The number of benzene rings is 1. The van der Waals surface area contributed by atoms with E-state index in [-0.39, 0.29) is 5.91 Å². The molecule has 1 rings (SSSR count). The molecule has 20 heavy (non-hydrogen) atoms. The smallest absolute Gasteiger partial charge is 0.254 e. The van der Waals surface area contributed by atoms with E-state index in [0.717, 1.165) is 31.6 Å². The summed E-state index contributed by atoms with van der Waals surface area (Å²) in [6.07, 6.45) is 3.01. The molecule has 0 fully saturated rings. The highest BCUT2D eigenvalue weighted by Gasteiger charge is 2.15. The van der Waals surface area contributed by atoms with Crippen LogP contribution in [-0.2, 0) is 0 Å². The number of ether oxygens (including phenoxy) is 1. The first kappa shape index (κ1) is 16.5. The van der Waals surface area contributed by atoms with E-state index in [1.165, 1.54) is 0 Å². The second-order valence-electron chi connectivity index (χ2n) is 4.81. The number of unbranched alkanes of at least 4 members (excludes halogenated alkanes) is 1. The summed E-state index contributed by atoms with van der Waals surface area (Å²) in [6, 6.07) is 7.38. The fourth-order valence-electron chi connectivity index (χ4n) is 1.94. The topological polar surface area (TPSA) is 55.6 Å². The summed E-state index contributed by atoms with van der Waals surface area (Å²) in [6.45, 7) is 6.68. The molecule has 4 nitrogen and oxygen atoms in total. The van der Waals surface area contributed by atoms with Crippen molar-refractivity contribution in [1.82, 2.24) is 4.90 Å². The number of hydrogen-bond acceptors (Lipinski definition) is 3. The Balaban J connectivity index is 2.76. The van der Waals surface area contributed by atoms with Gasteiger partial charge in [-0.3, -0.25) is 4.79 Å². The summed E-state index contributed by atoms with van der Waals surface area (Å²) in [5.41, 5.74) is 6.26. The second kappa shape index (κ2) is 9.37. The van der Waals surface area contributed by atoms with Gasteiger partial charge in [-0.05, 0) is 31.0 Å². The minimum absolute atomic E-state index is 0.0332. The number of hydrogen-bond donors (Lipinski definition) is 1. The highest BCUT2D eigenvalue weighted by Crippen LogP contribution is 2.15. The van der Waals surface area contributed by atoms with E-state index in [1.807, 2.05) is 29.2 Å². The fraction of sp³-hybridized carbons (Fsp3) is 0.562. The Morgan fingerprint density at radius 1 is 1.25 bits per heavy atom. The Hall–Kier alpha value is -1.55.